The Balaban J connectivity index is 1.66. The second kappa shape index (κ2) is 4.72. The summed E-state index contributed by atoms with van der Waals surface area (Å²) in [5, 5.41) is 9.49. The molecule has 0 aromatic heterocycles. The Morgan fingerprint density at radius 2 is 1.84 bits per heavy atom. The fourth-order valence-corrected chi connectivity index (χ4v) is 3.94. The summed E-state index contributed by atoms with van der Waals surface area (Å²) in [6.45, 7) is 4.17. The van der Waals surface area contributed by atoms with Gasteiger partial charge in [0.2, 0.25) is 0 Å². The standard InChI is InChI=1S/C14H23NO4/c1-13(12(16)17)5-2-8-15(13)11-3-6-14(7-4-11)18-9-10-19-14/h11H,2-10H2,1H3,(H,16,17). The molecule has 2 heterocycles. The molecule has 1 N–H and O–H groups in total. The molecule has 1 aliphatic carbocycles. The zero-order valence-electron chi connectivity index (χ0n) is 11.6. The highest BCUT2D eigenvalue weighted by atomic mass is 16.7. The van der Waals surface area contributed by atoms with Crippen LogP contribution in [0.4, 0.5) is 0 Å². The van der Waals surface area contributed by atoms with Crippen molar-refractivity contribution in [2.24, 2.45) is 0 Å². The van der Waals surface area contributed by atoms with Crippen molar-refractivity contribution >= 4 is 5.97 Å². The molecule has 3 aliphatic rings. The van der Waals surface area contributed by atoms with Crippen LogP contribution in [0.1, 0.15) is 45.4 Å². The number of carboxylic acid groups (broad SMARTS) is 1. The Hall–Kier alpha value is -0.650. The smallest absolute Gasteiger partial charge is 0.323 e. The second-order valence-corrected chi connectivity index (χ2v) is 6.21. The van der Waals surface area contributed by atoms with Crippen molar-refractivity contribution in [2.75, 3.05) is 19.8 Å². The summed E-state index contributed by atoms with van der Waals surface area (Å²) in [5.74, 6) is -1.03. The third kappa shape index (κ3) is 2.18. The summed E-state index contributed by atoms with van der Waals surface area (Å²) in [6.07, 6.45) is 5.48. The monoisotopic (exact) mass is 269 g/mol. The maximum absolute atomic E-state index is 11.5. The van der Waals surface area contributed by atoms with E-state index in [-0.39, 0.29) is 5.79 Å². The zero-order chi connectivity index (χ0) is 13.5. The summed E-state index contributed by atoms with van der Waals surface area (Å²) in [5.41, 5.74) is -0.674. The summed E-state index contributed by atoms with van der Waals surface area (Å²) in [6, 6.07) is 0.363. The topological polar surface area (TPSA) is 59.0 Å². The number of carboxylic acids is 1. The lowest BCUT2D eigenvalue weighted by Gasteiger charge is -2.43. The van der Waals surface area contributed by atoms with Gasteiger partial charge in [0.25, 0.3) is 0 Å². The third-order valence-electron chi connectivity index (χ3n) is 5.13. The van der Waals surface area contributed by atoms with E-state index in [4.69, 9.17) is 9.47 Å². The van der Waals surface area contributed by atoms with Gasteiger partial charge in [-0.3, -0.25) is 9.69 Å². The van der Waals surface area contributed by atoms with Crippen molar-refractivity contribution in [3.05, 3.63) is 0 Å². The lowest BCUT2D eigenvalue weighted by molar-refractivity contribution is -0.187. The van der Waals surface area contributed by atoms with Crippen LogP contribution in [0, 0.1) is 0 Å². The number of likely N-dealkylation sites (tertiary alicyclic amines) is 1. The van der Waals surface area contributed by atoms with Crippen molar-refractivity contribution in [1.29, 1.82) is 0 Å². The molecule has 2 aliphatic heterocycles. The van der Waals surface area contributed by atoms with E-state index in [0.29, 0.717) is 19.3 Å². The van der Waals surface area contributed by atoms with Gasteiger partial charge >= 0.3 is 5.97 Å². The maximum atomic E-state index is 11.5. The normalized spacial score (nSPS) is 36.1. The first-order valence-corrected chi connectivity index (χ1v) is 7.34. The van der Waals surface area contributed by atoms with Crippen LogP contribution >= 0.6 is 0 Å². The molecule has 1 saturated carbocycles. The SMILES string of the molecule is CC1(C(=O)O)CCCN1C1CCC2(CC1)OCCO2. The first-order chi connectivity index (χ1) is 9.06. The minimum absolute atomic E-state index is 0.351. The van der Waals surface area contributed by atoms with Gasteiger partial charge in [-0.15, -0.1) is 0 Å². The van der Waals surface area contributed by atoms with Crippen molar-refractivity contribution in [3.8, 4) is 0 Å². The number of rotatable bonds is 2. The van der Waals surface area contributed by atoms with Gasteiger partial charge in [0, 0.05) is 18.9 Å². The van der Waals surface area contributed by atoms with E-state index in [1.807, 2.05) is 6.92 Å². The molecule has 1 atom stereocenters. The Morgan fingerprint density at radius 1 is 1.21 bits per heavy atom. The number of aliphatic carboxylic acids is 1. The second-order valence-electron chi connectivity index (χ2n) is 6.21. The molecule has 0 bridgehead atoms. The molecule has 0 aromatic rings. The Bertz CT molecular complexity index is 356. The Kier molecular flexibility index (Phi) is 3.31. The van der Waals surface area contributed by atoms with E-state index in [0.717, 1.165) is 45.1 Å². The first-order valence-electron chi connectivity index (χ1n) is 7.34. The van der Waals surface area contributed by atoms with Gasteiger partial charge in [0.15, 0.2) is 5.79 Å². The molecule has 1 unspecified atom stereocenters. The van der Waals surface area contributed by atoms with Gasteiger partial charge in [-0.25, -0.2) is 0 Å². The van der Waals surface area contributed by atoms with Crippen LogP contribution in [0.3, 0.4) is 0 Å². The van der Waals surface area contributed by atoms with E-state index in [2.05, 4.69) is 4.90 Å². The number of hydrogen-bond donors (Lipinski definition) is 1. The summed E-state index contributed by atoms with van der Waals surface area (Å²) in [4.78, 5) is 13.7. The summed E-state index contributed by atoms with van der Waals surface area (Å²) < 4.78 is 11.5. The number of hydrogen-bond acceptors (Lipinski definition) is 4. The minimum atomic E-state index is -0.682. The third-order valence-corrected chi connectivity index (χ3v) is 5.13. The largest absolute Gasteiger partial charge is 0.480 e. The molecule has 2 saturated heterocycles. The number of carbonyl (C=O) groups is 1. The van der Waals surface area contributed by atoms with Gasteiger partial charge in [-0.2, -0.15) is 0 Å². The van der Waals surface area contributed by atoms with Crippen molar-refractivity contribution in [1.82, 2.24) is 4.90 Å². The van der Waals surface area contributed by atoms with Crippen molar-refractivity contribution < 1.29 is 19.4 Å². The molecule has 1 spiro atoms. The lowest BCUT2D eigenvalue weighted by Crippen LogP contribution is -2.54. The molecule has 5 nitrogen and oxygen atoms in total. The van der Waals surface area contributed by atoms with E-state index >= 15 is 0 Å². The molecule has 19 heavy (non-hydrogen) atoms. The molecule has 3 rings (SSSR count). The highest BCUT2D eigenvalue weighted by Gasteiger charge is 2.49. The number of ether oxygens (including phenoxy) is 2. The van der Waals surface area contributed by atoms with Crippen LogP contribution in [-0.2, 0) is 14.3 Å². The van der Waals surface area contributed by atoms with Gasteiger partial charge in [-0.05, 0) is 39.2 Å². The van der Waals surface area contributed by atoms with Crippen LogP contribution < -0.4 is 0 Å². The maximum Gasteiger partial charge on any atom is 0.323 e. The van der Waals surface area contributed by atoms with Crippen LogP contribution in [0.5, 0.6) is 0 Å². The fraction of sp³-hybridized carbons (Fsp3) is 0.929. The van der Waals surface area contributed by atoms with E-state index in [1.54, 1.807) is 0 Å². The van der Waals surface area contributed by atoms with Gasteiger partial charge in [0.1, 0.15) is 5.54 Å². The first kappa shape index (κ1) is 13.3. The predicted molar refractivity (Wildman–Crippen MR) is 68.9 cm³/mol. The van der Waals surface area contributed by atoms with Gasteiger partial charge in [-0.1, -0.05) is 0 Å². The summed E-state index contributed by atoms with van der Waals surface area (Å²) >= 11 is 0. The lowest BCUT2D eigenvalue weighted by atomic mass is 9.86. The zero-order valence-corrected chi connectivity index (χ0v) is 11.6. The van der Waals surface area contributed by atoms with Crippen molar-refractivity contribution in [3.63, 3.8) is 0 Å². The molecular weight excluding hydrogens is 246 g/mol. The van der Waals surface area contributed by atoms with E-state index in [9.17, 15) is 9.90 Å². The fourth-order valence-electron chi connectivity index (χ4n) is 3.94. The molecule has 3 fully saturated rings. The van der Waals surface area contributed by atoms with Crippen LogP contribution in [0.25, 0.3) is 0 Å². The minimum Gasteiger partial charge on any atom is -0.480 e. The predicted octanol–water partition coefficient (Wildman–Crippen LogP) is 1.61. The quantitative estimate of drug-likeness (QED) is 0.825. The highest BCUT2D eigenvalue weighted by molar-refractivity contribution is 5.78. The Morgan fingerprint density at radius 3 is 2.42 bits per heavy atom. The van der Waals surface area contributed by atoms with Crippen LogP contribution in [0.15, 0.2) is 0 Å². The Labute approximate surface area is 113 Å². The molecule has 0 amide bonds. The van der Waals surface area contributed by atoms with Gasteiger partial charge < -0.3 is 14.6 Å². The van der Waals surface area contributed by atoms with E-state index in [1.165, 1.54) is 0 Å². The van der Waals surface area contributed by atoms with Gasteiger partial charge in [0.05, 0.1) is 13.2 Å². The average Bonchev–Trinajstić information content (AvgIpc) is 2.99. The highest BCUT2D eigenvalue weighted by Crippen LogP contribution is 2.41. The molecule has 0 radical (unpaired) electrons. The summed E-state index contributed by atoms with van der Waals surface area (Å²) in [7, 11) is 0. The molecule has 108 valence electrons. The number of nitrogens with zero attached hydrogens (tertiary/aromatic N) is 1. The molecule has 0 aromatic carbocycles. The van der Waals surface area contributed by atoms with Crippen LogP contribution in [-0.4, -0.2) is 53.1 Å². The van der Waals surface area contributed by atoms with E-state index < -0.39 is 11.5 Å². The average molecular weight is 269 g/mol. The molecule has 5 heteroatoms. The molecular formula is C14H23NO4. The van der Waals surface area contributed by atoms with Crippen LogP contribution in [0.2, 0.25) is 0 Å². The van der Waals surface area contributed by atoms with Crippen molar-refractivity contribution in [2.45, 2.75) is 62.8 Å².